The molecule has 3 fully saturated rings. The van der Waals surface area contributed by atoms with Gasteiger partial charge in [0.05, 0.1) is 30.3 Å². The predicted molar refractivity (Wildman–Crippen MR) is 145 cm³/mol. The van der Waals surface area contributed by atoms with Crippen molar-refractivity contribution in [2.24, 2.45) is 0 Å². The Hall–Kier alpha value is -4.39. The molecule has 210 valence electrons. The van der Waals surface area contributed by atoms with Crippen LogP contribution in [0.25, 0.3) is 0 Å². The summed E-state index contributed by atoms with van der Waals surface area (Å²) in [5, 5.41) is 43.7. The molecule has 13 heteroatoms. The Kier molecular flexibility index (Phi) is 6.06. The summed E-state index contributed by atoms with van der Waals surface area (Å²) in [4.78, 5) is 31.7. The number of rotatable bonds is 5. The highest BCUT2D eigenvalue weighted by molar-refractivity contribution is 5.98. The van der Waals surface area contributed by atoms with Crippen molar-refractivity contribution in [2.75, 3.05) is 19.7 Å². The number of benzene rings is 1. The summed E-state index contributed by atoms with van der Waals surface area (Å²) in [6.07, 6.45) is 2.72. The van der Waals surface area contributed by atoms with Crippen LogP contribution in [0, 0.1) is 10.8 Å². The Labute approximate surface area is 231 Å². The zero-order valence-electron chi connectivity index (χ0n) is 22.2. The van der Waals surface area contributed by atoms with E-state index >= 15 is 0 Å². The third-order valence-electron chi connectivity index (χ3n) is 8.46. The Balaban J connectivity index is 1.23. The average Bonchev–Trinajstić information content (AvgIpc) is 3.43. The largest absolute Gasteiger partial charge is 0.492 e. The van der Waals surface area contributed by atoms with E-state index in [0.29, 0.717) is 23.5 Å². The molecule has 4 aliphatic heterocycles. The molecule has 40 heavy (non-hydrogen) atoms. The topological polar surface area (TPSA) is 188 Å². The molecule has 2 unspecified atom stereocenters. The molecule has 1 spiro atoms. The lowest BCUT2D eigenvalue weighted by molar-refractivity contribution is 0.00611. The molecule has 3 saturated heterocycles. The maximum Gasteiger partial charge on any atom is 0.255 e. The third-order valence-corrected chi connectivity index (χ3v) is 8.46. The molecule has 4 aliphatic rings. The monoisotopic (exact) mass is 547 g/mol. The number of carbonyl (C=O) groups excluding carboxylic acids is 2. The van der Waals surface area contributed by atoms with E-state index in [4.69, 9.17) is 15.6 Å². The Morgan fingerprint density at radius 3 is 2.73 bits per heavy atom. The number of para-hydroxylation sites is 1. The number of amides is 2. The second-order valence-electron chi connectivity index (χ2n) is 11.3. The molecule has 1 aromatic carbocycles. The number of hydrogen-bond donors (Lipinski definition) is 8. The van der Waals surface area contributed by atoms with Crippen LogP contribution in [0.2, 0.25) is 0 Å². The molecule has 2 amide bonds. The van der Waals surface area contributed by atoms with E-state index in [1.807, 2.05) is 12.1 Å². The molecule has 0 bridgehead atoms. The lowest BCUT2D eigenvalue weighted by Crippen LogP contribution is -2.78. The Morgan fingerprint density at radius 2 is 1.95 bits per heavy atom. The fourth-order valence-electron chi connectivity index (χ4n) is 6.30. The second-order valence-corrected chi connectivity index (χ2v) is 11.3. The molecule has 5 atom stereocenters. The van der Waals surface area contributed by atoms with Crippen molar-refractivity contribution >= 4 is 23.7 Å². The highest BCUT2D eigenvalue weighted by Crippen LogP contribution is 2.41. The van der Waals surface area contributed by atoms with Gasteiger partial charge in [-0.1, -0.05) is 26.0 Å². The van der Waals surface area contributed by atoms with E-state index in [1.54, 1.807) is 23.1 Å². The minimum absolute atomic E-state index is 0.0152. The Morgan fingerprint density at radius 1 is 1.18 bits per heavy atom. The number of ether oxygens (including phenoxy) is 1. The van der Waals surface area contributed by atoms with Gasteiger partial charge in [-0.2, -0.15) is 0 Å². The first-order chi connectivity index (χ1) is 19.1. The van der Waals surface area contributed by atoms with Gasteiger partial charge in [-0.15, -0.1) is 0 Å². The van der Waals surface area contributed by atoms with Crippen LogP contribution in [0.3, 0.4) is 0 Å². The number of pyridine rings is 1. The smallest absolute Gasteiger partial charge is 0.255 e. The first kappa shape index (κ1) is 25.9. The van der Waals surface area contributed by atoms with E-state index in [9.17, 15) is 14.7 Å². The first-order valence-corrected chi connectivity index (χ1v) is 13.3. The van der Waals surface area contributed by atoms with Gasteiger partial charge < -0.3 is 41.3 Å². The molecule has 13 nitrogen and oxygen atoms in total. The Bertz CT molecular complexity index is 1380. The normalized spacial score (nSPS) is 29.5. The average molecular weight is 548 g/mol. The maximum absolute atomic E-state index is 13.5. The van der Waals surface area contributed by atoms with E-state index in [0.717, 1.165) is 12.0 Å². The third kappa shape index (κ3) is 3.99. The predicted octanol–water partition coefficient (Wildman–Crippen LogP) is -0.554. The van der Waals surface area contributed by atoms with Crippen LogP contribution in [0.15, 0.2) is 42.7 Å². The van der Waals surface area contributed by atoms with Crippen molar-refractivity contribution in [2.45, 2.75) is 55.6 Å². The van der Waals surface area contributed by atoms with Crippen molar-refractivity contribution in [3.05, 3.63) is 59.4 Å². The number of aliphatic hydroxyl groups excluding tert-OH is 1. The van der Waals surface area contributed by atoms with E-state index < -0.39 is 29.9 Å². The highest BCUT2D eigenvalue weighted by atomic mass is 16.5. The summed E-state index contributed by atoms with van der Waals surface area (Å²) in [6.45, 7) is 5.01. The molecular weight excluding hydrogens is 514 g/mol. The van der Waals surface area contributed by atoms with Crippen LogP contribution in [0.1, 0.15) is 46.5 Å². The summed E-state index contributed by atoms with van der Waals surface area (Å²) in [7, 11) is 0. The van der Waals surface area contributed by atoms with Gasteiger partial charge in [-0.3, -0.25) is 25.4 Å². The van der Waals surface area contributed by atoms with Gasteiger partial charge in [-0.05, 0) is 30.0 Å². The number of nitrogens with zero attached hydrogens (tertiary/aromatic N) is 2. The van der Waals surface area contributed by atoms with E-state index in [1.165, 1.54) is 12.4 Å². The fraction of sp³-hybridized carbons (Fsp3) is 0.444. The zero-order valence-corrected chi connectivity index (χ0v) is 22.2. The fourth-order valence-corrected chi connectivity index (χ4v) is 6.30. The van der Waals surface area contributed by atoms with Gasteiger partial charge >= 0.3 is 0 Å². The minimum Gasteiger partial charge on any atom is -0.492 e. The summed E-state index contributed by atoms with van der Waals surface area (Å²) < 4.78 is 5.92. The standard InChI is InChI=1S/C27H33N9O4/c1-26(2)8-11-40-19-15(4-3-5-16(19)26)23(39)32-18-13-36-25(29)33-17(12-31-22(38)14-6-9-30-10-7-14)20-27(36,21(18)37)35-24(28)34-20/h3-7,9-10,17-18,20-21,37H,8,11-13H2,1-2H3,(H2,29,33)(H,31,38)(H,32,39)(H3,28,34,35)/t17-,18?,20-,21+,27?/m0/s1. The number of aliphatic hydroxyl groups is 1. The van der Waals surface area contributed by atoms with Crippen LogP contribution in [-0.2, 0) is 5.41 Å². The summed E-state index contributed by atoms with van der Waals surface area (Å²) >= 11 is 0. The molecule has 0 aliphatic carbocycles. The number of guanidine groups is 2. The maximum atomic E-state index is 13.5. The quantitative estimate of drug-likeness (QED) is 0.243. The minimum atomic E-state index is -1.28. The van der Waals surface area contributed by atoms with Crippen molar-refractivity contribution in [3.8, 4) is 5.75 Å². The van der Waals surface area contributed by atoms with Gasteiger partial charge in [0.2, 0.25) is 0 Å². The number of aromatic nitrogens is 1. The lowest BCUT2D eigenvalue weighted by Gasteiger charge is -2.49. The highest BCUT2D eigenvalue weighted by Gasteiger charge is 2.66. The van der Waals surface area contributed by atoms with Crippen molar-refractivity contribution < 1.29 is 19.4 Å². The molecule has 2 aromatic rings. The van der Waals surface area contributed by atoms with Gasteiger partial charge in [0.1, 0.15) is 11.9 Å². The van der Waals surface area contributed by atoms with Crippen LogP contribution < -0.4 is 31.3 Å². The molecule has 0 radical (unpaired) electrons. The number of nitrogens with one attached hydrogen (secondary N) is 7. The number of fused-ring (bicyclic) bond motifs is 1. The summed E-state index contributed by atoms with van der Waals surface area (Å²) in [6, 6.07) is 6.83. The molecule has 8 N–H and O–H groups in total. The van der Waals surface area contributed by atoms with Gasteiger partial charge in [0.25, 0.3) is 11.8 Å². The SMILES string of the molecule is CC1(C)CCOc2c(C(=O)NC3CN4C(=N)N[C@@H](CNC(=O)c5ccncc5)[C@@H]5NC(=N)NC54[C@@H]3O)cccc21. The van der Waals surface area contributed by atoms with Gasteiger partial charge in [0, 0.05) is 36.6 Å². The molecule has 6 rings (SSSR count). The summed E-state index contributed by atoms with van der Waals surface area (Å²) in [5.41, 5.74) is 0.393. The lowest BCUT2D eigenvalue weighted by atomic mass is 9.79. The second kappa shape index (κ2) is 9.37. The molecular formula is C27H33N9O4. The molecule has 1 aromatic heterocycles. The molecule has 0 saturated carbocycles. The van der Waals surface area contributed by atoms with Crippen LogP contribution in [0.4, 0.5) is 0 Å². The van der Waals surface area contributed by atoms with Crippen LogP contribution in [0.5, 0.6) is 5.75 Å². The van der Waals surface area contributed by atoms with Crippen molar-refractivity contribution in [3.63, 3.8) is 0 Å². The summed E-state index contributed by atoms with van der Waals surface area (Å²) in [5.74, 6) is -0.133. The molecule has 5 heterocycles. The van der Waals surface area contributed by atoms with Gasteiger partial charge in [0.15, 0.2) is 17.6 Å². The zero-order chi connectivity index (χ0) is 28.2. The van der Waals surface area contributed by atoms with Crippen molar-refractivity contribution in [1.82, 2.24) is 36.5 Å². The van der Waals surface area contributed by atoms with Gasteiger partial charge in [-0.25, -0.2) is 0 Å². The number of hydrogen-bond acceptors (Lipinski definition) is 7. The van der Waals surface area contributed by atoms with E-state index in [2.05, 4.69) is 45.4 Å². The van der Waals surface area contributed by atoms with E-state index in [-0.39, 0.29) is 42.2 Å². The van der Waals surface area contributed by atoms with Crippen molar-refractivity contribution in [1.29, 1.82) is 10.8 Å². The van der Waals surface area contributed by atoms with Crippen LogP contribution in [-0.4, -0.2) is 88.3 Å². The number of carbonyl (C=O) groups is 2. The first-order valence-electron chi connectivity index (χ1n) is 13.3. The van der Waals surface area contributed by atoms with Crippen LogP contribution >= 0.6 is 0 Å².